The van der Waals surface area contributed by atoms with Crippen molar-refractivity contribution in [1.82, 2.24) is 26.6 Å². The minimum Gasteiger partial charge on any atom is -0.481 e. The van der Waals surface area contributed by atoms with Gasteiger partial charge >= 0.3 is 11.9 Å². The lowest BCUT2D eigenvalue weighted by Gasteiger charge is -2.15. The highest BCUT2D eigenvalue weighted by Gasteiger charge is 2.21. The van der Waals surface area contributed by atoms with Gasteiger partial charge in [-0.15, -0.1) is 0 Å². The van der Waals surface area contributed by atoms with Gasteiger partial charge in [0.1, 0.15) is 12.6 Å². The van der Waals surface area contributed by atoms with Crippen LogP contribution in [0.3, 0.4) is 0 Å². The minimum atomic E-state index is -1.18. The number of carbonyl (C=O) groups excluding carboxylic acids is 5. The maximum Gasteiger partial charge on any atom is 0.326 e. The molecular formula is C43H81N7O10. The topological polar surface area (TPSA) is 292 Å². The van der Waals surface area contributed by atoms with Crippen molar-refractivity contribution in [2.75, 3.05) is 33.3 Å². The Hall–Kier alpha value is -3.67. The van der Waals surface area contributed by atoms with Gasteiger partial charge in [-0.1, -0.05) is 77.0 Å². The number of aliphatic hydroxyl groups is 1. The third-order valence-electron chi connectivity index (χ3n) is 10.6. The second-order valence-electron chi connectivity index (χ2n) is 15.9. The molecule has 0 aliphatic rings. The predicted octanol–water partition coefficient (Wildman–Crippen LogP) is 3.33. The number of carboxylic acids is 2. The van der Waals surface area contributed by atoms with Gasteiger partial charge in [-0.3, -0.25) is 28.8 Å². The molecule has 0 aromatic carbocycles. The van der Waals surface area contributed by atoms with E-state index < -0.39 is 42.7 Å². The van der Waals surface area contributed by atoms with Crippen molar-refractivity contribution in [2.45, 2.75) is 198 Å². The van der Waals surface area contributed by atoms with E-state index >= 15 is 0 Å². The number of amides is 4. The van der Waals surface area contributed by atoms with E-state index in [0.717, 1.165) is 38.5 Å². The number of hydrogen-bond donors (Lipinski definition) is 10. The number of ketones is 1. The van der Waals surface area contributed by atoms with Crippen LogP contribution in [-0.2, 0) is 33.6 Å². The number of carboxylic acid groups (broad SMARTS) is 2. The van der Waals surface area contributed by atoms with E-state index in [-0.39, 0.29) is 55.1 Å². The maximum atomic E-state index is 12.4. The van der Waals surface area contributed by atoms with Crippen molar-refractivity contribution in [3.8, 4) is 0 Å². The molecule has 60 heavy (non-hydrogen) atoms. The number of carbonyl (C=O) groups is 7. The summed E-state index contributed by atoms with van der Waals surface area (Å²) in [5.41, 5.74) is 12.0. The molecule has 4 atom stereocenters. The van der Waals surface area contributed by atoms with Crippen LogP contribution in [0.15, 0.2) is 0 Å². The first-order valence-corrected chi connectivity index (χ1v) is 22.7. The highest BCUT2D eigenvalue weighted by Crippen LogP contribution is 2.14. The monoisotopic (exact) mass is 856 g/mol. The molecule has 0 bridgehead atoms. The van der Waals surface area contributed by atoms with Crippen LogP contribution in [0.5, 0.6) is 0 Å². The van der Waals surface area contributed by atoms with Gasteiger partial charge in [-0.25, -0.2) is 4.79 Å². The van der Waals surface area contributed by atoms with Gasteiger partial charge in [0.2, 0.25) is 23.6 Å². The molecule has 0 aliphatic carbocycles. The van der Waals surface area contributed by atoms with Crippen LogP contribution in [0, 0.1) is 0 Å². The molecule has 0 unspecified atom stereocenters. The number of aliphatic carboxylic acids is 2. The summed E-state index contributed by atoms with van der Waals surface area (Å²) in [6.07, 6.45) is 20.8. The van der Waals surface area contributed by atoms with E-state index in [4.69, 9.17) is 21.7 Å². The first-order chi connectivity index (χ1) is 28.8. The summed E-state index contributed by atoms with van der Waals surface area (Å²) in [4.78, 5) is 83.1. The van der Waals surface area contributed by atoms with Gasteiger partial charge in [0.05, 0.1) is 18.1 Å². The summed E-state index contributed by atoms with van der Waals surface area (Å²) in [5.74, 6) is -3.32. The van der Waals surface area contributed by atoms with Crippen LogP contribution in [0.25, 0.3) is 0 Å². The Morgan fingerprint density at radius 2 is 0.883 bits per heavy atom. The Bertz CT molecular complexity index is 1210. The molecule has 0 heterocycles. The summed E-state index contributed by atoms with van der Waals surface area (Å²) in [7, 11) is 1.67. The number of unbranched alkanes of at least 4 members (excludes halogenated alkanes) is 16. The van der Waals surface area contributed by atoms with Crippen molar-refractivity contribution in [1.29, 1.82) is 0 Å². The Labute approximate surface area is 358 Å². The van der Waals surface area contributed by atoms with Crippen molar-refractivity contribution in [2.24, 2.45) is 11.5 Å². The first-order valence-electron chi connectivity index (χ1n) is 22.7. The van der Waals surface area contributed by atoms with Crippen LogP contribution < -0.4 is 38.1 Å². The average molecular weight is 856 g/mol. The third-order valence-corrected chi connectivity index (χ3v) is 10.6. The van der Waals surface area contributed by atoms with E-state index in [9.17, 15) is 38.7 Å². The number of nitrogens with one attached hydrogen (secondary N) is 5. The number of hydrogen-bond acceptors (Lipinski definition) is 11. The van der Waals surface area contributed by atoms with Gasteiger partial charge in [0.25, 0.3) is 0 Å². The summed E-state index contributed by atoms with van der Waals surface area (Å²) >= 11 is 0. The number of nitrogens with two attached hydrogens (primary N) is 2. The summed E-state index contributed by atoms with van der Waals surface area (Å²) in [6.45, 7) is 0.695. The molecule has 0 spiro atoms. The van der Waals surface area contributed by atoms with Crippen molar-refractivity contribution < 1.29 is 48.9 Å². The molecule has 0 saturated carbocycles. The lowest BCUT2D eigenvalue weighted by molar-refractivity contribution is -0.142. The van der Waals surface area contributed by atoms with Gasteiger partial charge in [-0.2, -0.15) is 0 Å². The molecule has 0 saturated heterocycles. The van der Waals surface area contributed by atoms with E-state index in [1.54, 1.807) is 7.05 Å². The van der Waals surface area contributed by atoms with E-state index in [1.165, 1.54) is 44.9 Å². The molecular weight excluding hydrogens is 775 g/mol. The SMILES string of the molecule is CN[C@@H](CCCCNC(=O)[C@@H](N)CCCCNC(=O)[C@@H](N)CCCCNC(=O)CC[C@H](NC(=O)CCCCCCCCCCCCCCCCC(=O)O)C(=O)O)C(=O)CO. The zero-order valence-corrected chi connectivity index (χ0v) is 36.6. The van der Waals surface area contributed by atoms with Gasteiger partial charge < -0.3 is 53.4 Å². The molecule has 12 N–H and O–H groups in total. The van der Waals surface area contributed by atoms with E-state index in [1.807, 2.05) is 0 Å². The number of rotatable bonds is 42. The minimum absolute atomic E-state index is 0.0141. The molecule has 17 nitrogen and oxygen atoms in total. The zero-order valence-electron chi connectivity index (χ0n) is 36.6. The summed E-state index contributed by atoms with van der Waals surface area (Å²) in [5, 5.41) is 40.9. The van der Waals surface area contributed by atoms with Crippen LogP contribution in [0.1, 0.15) is 173 Å². The number of aliphatic hydroxyl groups excluding tert-OH is 1. The first kappa shape index (κ1) is 56.3. The molecule has 0 radical (unpaired) electrons. The summed E-state index contributed by atoms with van der Waals surface area (Å²) in [6, 6.07) is -2.90. The molecule has 0 aliphatic heterocycles. The molecule has 0 rings (SSSR count). The van der Waals surface area contributed by atoms with Crippen LogP contribution in [0.4, 0.5) is 0 Å². The third kappa shape index (κ3) is 33.1. The van der Waals surface area contributed by atoms with Crippen molar-refractivity contribution in [3.05, 3.63) is 0 Å². The van der Waals surface area contributed by atoms with Gasteiger partial charge in [-0.05, 0) is 84.1 Å². The fourth-order valence-corrected chi connectivity index (χ4v) is 6.77. The highest BCUT2D eigenvalue weighted by molar-refractivity contribution is 5.85. The van der Waals surface area contributed by atoms with E-state index in [0.29, 0.717) is 83.8 Å². The summed E-state index contributed by atoms with van der Waals surface area (Å²) < 4.78 is 0. The normalized spacial score (nSPS) is 13.1. The molecule has 0 aromatic rings. The van der Waals surface area contributed by atoms with Crippen LogP contribution in [0.2, 0.25) is 0 Å². The number of likely N-dealkylation sites (N-methyl/N-ethyl adjacent to an activating group) is 1. The largest absolute Gasteiger partial charge is 0.481 e. The Kier molecular flexibility index (Phi) is 35.9. The van der Waals surface area contributed by atoms with Crippen molar-refractivity contribution in [3.63, 3.8) is 0 Å². The Morgan fingerprint density at radius 3 is 1.30 bits per heavy atom. The number of Topliss-reactive ketones (excluding diaryl/α,β-unsaturated/α-hetero) is 1. The van der Waals surface area contributed by atoms with Crippen molar-refractivity contribution >= 4 is 41.4 Å². The Morgan fingerprint density at radius 1 is 0.467 bits per heavy atom. The second kappa shape index (κ2) is 38.3. The second-order valence-corrected chi connectivity index (χ2v) is 15.9. The van der Waals surface area contributed by atoms with E-state index in [2.05, 4.69) is 26.6 Å². The molecule has 0 aromatic heterocycles. The van der Waals surface area contributed by atoms with Gasteiger partial charge in [0.15, 0.2) is 5.78 Å². The predicted molar refractivity (Wildman–Crippen MR) is 232 cm³/mol. The van der Waals surface area contributed by atoms with Gasteiger partial charge in [0, 0.05) is 38.9 Å². The molecule has 0 fully saturated rings. The quantitative estimate of drug-likeness (QED) is 0.0395. The van der Waals surface area contributed by atoms with Crippen LogP contribution >= 0.6 is 0 Å². The molecule has 4 amide bonds. The standard InChI is InChI=1S/C43H81N7O10/c1-46-35(37(52)32-51)24-18-21-31-49-42(58)34(45)23-17-20-30-48-41(57)33(44)22-16-19-29-47-38(53)28-27-36(43(59)60)50-39(54)25-14-12-10-8-6-4-2-3-5-7-9-11-13-15-26-40(55)56/h33-36,46,51H,2-32,44-45H2,1H3,(H,47,53)(H,48,57)(H,49,58)(H,50,54)(H,55,56)(H,59,60)/t33-,34-,35-,36-/m0/s1. The lowest BCUT2D eigenvalue weighted by Crippen LogP contribution is -2.42. The Balaban J connectivity index is 3.89. The molecule has 348 valence electrons. The fraction of sp³-hybridized carbons (Fsp3) is 0.837. The smallest absolute Gasteiger partial charge is 0.326 e. The fourth-order valence-electron chi connectivity index (χ4n) is 6.77. The zero-order chi connectivity index (χ0) is 44.8. The highest BCUT2D eigenvalue weighted by atomic mass is 16.4. The average Bonchev–Trinajstić information content (AvgIpc) is 3.22. The van der Waals surface area contributed by atoms with Crippen LogP contribution in [-0.4, -0.2) is 114 Å². The maximum absolute atomic E-state index is 12.4. The molecule has 17 heteroatoms. The lowest BCUT2D eigenvalue weighted by atomic mass is 10.0.